The van der Waals surface area contributed by atoms with Crippen molar-refractivity contribution in [1.82, 2.24) is 0 Å². The molecule has 0 saturated carbocycles. The van der Waals surface area contributed by atoms with E-state index in [1.807, 2.05) is 37.3 Å². The first-order chi connectivity index (χ1) is 9.70. The first-order valence-corrected chi connectivity index (χ1v) is 6.44. The summed E-state index contributed by atoms with van der Waals surface area (Å²) < 4.78 is 10.6. The highest BCUT2D eigenvalue weighted by Crippen LogP contribution is 2.23. The van der Waals surface area contributed by atoms with Gasteiger partial charge in [0, 0.05) is 0 Å². The molecule has 2 rings (SSSR count). The van der Waals surface area contributed by atoms with Gasteiger partial charge in [0.25, 0.3) is 0 Å². The number of nitrogen functional groups attached to an aromatic ring is 1. The summed E-state index contributed by atoms with van der Waals surface area (Å²) in [6.45, 7) is 2.60. The van der Waals surface area contributed by atoms with Gasteiger partial charge in [0.15, 0.2) is 0 Å². The smallest absolute Gasteiger partial charge is 0.338 e. The number of carbonyl (C=O) groups excluding carboxylic acids is 1. The molecule has 0 spiro atoms. The van der Waals surface area contributed by atoms with Crippen molar-refractivity contribution in [3.05, 3.63) is 59.7 Å². The van der Waals surface area contributed by atoms with Crippen LogP contribution in [0, 0.1) is 0 Å². The third kappa shape index (κ3) is 3.51. The fraction of sp³-hybridized carbons (Fsp3) is 0.188. The van der Waals surface area contributed by atoms with Crippen molar-refractivity contribution >= 4 is 11.7 Å². The van der Waals surface area contributed by atoms with Gasteiger partial charge in [0.1, 0.15) is 12.4 Å². The fourth-order valence-electron chi connectivity index (χ4n) is 1.75. The van der Waals surface area contributed by atoms with Gasteiger partial charge in [0.2, 0.25) is 0 Å². The summed E-state index contributed by atoms with van der Waals surface area (Å²) in [4.78, 5) is 12.0. The van der Waals surface area contributed by atoms with Gasteiger partial charge in [-0.15, -0.1) is 0 Å². The predicted molar refractivity (Wildman–Crippen MR) is 77.6 cm³/mol. The molecule has 2 aromatic carbocycles. The van der Waals surface area contributed by atoms with Crippen LogP contribution in [-0.2, 0) is 11.3 Å². The number of ether oxygens (including phenoxy) is 2. The highest BCUT2D eigenvalue weighted by molar-refractivity contribution is 5.90. The third-order valence-electron chi connectivity index (χ3n) is 2.76. The molecular formula is C16H17NO3. The van der Waals surface area contributed by atoms with E-state index in [4.69, 9.17) is 15.2 Å². The normalized spacial score (nSPS) is 10.1. The maximum Gasteiger partial charge on any atom is 0.338 e. The lowest BCUT2D eigenvalue weighted by Crippen LogP contribution is -2.06. The van der Waals surface area contributed by atoms with Crippen LogP contribution >= 0.6 is 0 Å². The Morgan fingerprint density at radius 1 is 1.15 bits per heavy atom. The van der Waals surface area contributed by atoms with E-state index in [1.54, 1.807) is 18.2 Å². The molecule has 0 unspecified atom stereocenters. The monoisotopic (exact) mass is 271 g/mol. The van der Waals surface area contributed by atoms with Crippen molar-refractivity contribution < 1.29 is 14.3 Å². The van der Waals surface area contributed by atoms with Crippen LogP contribution in [0.15, 0.2) is 48.5 Å². The summed E-state index contributed by atoms with van der Waals surface area (Å²) in [5.41, 5.74) is 7.64. The van der Waals surface area contributed by atoms with Crippen molar-refractivity contribution in [1.29, 1.82) is 0 Å². The molecule has 4 nitrogen and oxygen atoms in total. The molecule has 0 amide bonds. The zero-order valence-electron chi connectivity index (χ0n) is 11.3. The SMILES string of the molecule is CCOc1cc(C(=O)OCc2ccccc2)ccc1N. The van der Waals surface area contributed by atoms with E-state index < -0.39 is 5.97 Å². The molecule has 2 aromatic rings. The minimum Gasteiger partial charge on any atom is -0.492 e. The average molecular weight is 271 g/mol. The summed E-state index contributed by atoms with van der Waals surface area (Å²) in [5, 5.41) is 0. The molecule has 104 valence electrons. The van der Waals surface area contributed by atoms with Crippen molar-refractivity contribution in [3.63, 3.8) is 0 Å². The van der Waals surface area contributed by atoms with Gasteiger partial charge in [-0.2, -0.15) is 0 Å². The lowest BCUT2D eigenvalue weighted by molar-refractivity contribution is 0.0472. The van der Waals surface area contributed by atoms with Gasteiger partial charge in [-0.25, -0.2) is 4.79 Å². The van der Waals surface area contributed by atoms with Gasteiger partial charge in [0.05, 0.1) is 17.9 Å². The van der Waals surface area contributed by atoms with Gasteiger partial charge >= 0.3 is 5.97 Å². The summed E-state index contributed by atoms with van der Waals surface area (Å²) in [6.07, 6.45) is 0. The van der Waals surface area contributed by atoms with E-state index in [-0.39, 0.29) is 6.61 Å². The van der Waals surface area contributed by atoms with Crippen LogP contribution in [0.3, 0.4) is 0 Å². The third-order valence-corrected chi connectivity index (χ3v) is 2.76. The maximum atomic E-state index is 12.0. The van der Waals surface area contributed by atoms with Crippen molar-refractivity contribution in [2.24, 2.45) is 0 Å². The lowest BCUT2D eigenvalue weighted by atomic mass is 10.2. The molecule has 0 aromatic heterocycles. The van der Waals surface area contributed by atoms with E-state index in [0.29, 0.717) is 23.6 Å². The molecule has 0 bridgehead atoms. The van der Waals surface area contributed by atoms with Crippen LogP contribution in [-0.4, -0.2) is 12.6 Å². The van der Waals surface area contributed by atoms with E-state index >= 15 is 0 Å². The molecule has 0 radical (unpaired) electrons. The highest BCUT2D eigenvalue weighted by Gasteiger charge is 2.10. The van der Waals surface area contributed by atoms with Gasteiger partial charge in [-0.3, -0.25) is 0 Å². The molecule has 0 aliphatic carbocycles. The molecule has 4 heteroatoms. The van der Waals surface area contributed by atoms with E-state index in [1.165, 1.54) is 0 Å². The standard InChI is InChI=1S/C16H17NO3/c1-2-19-15-10-13(8-9-14(15)17)16(18)20-11-12-6-4-3-5-7-12/h3-10H,2,11,17H2,1H3. The minimum absolute atomic E-state index is 0.244. The highest BCUT2D eigenvalue weighted by atomic mass is 16.5. The Bertz CT molecular complexity index is 582. The Labute approximate surface area is 118 Å². The minimum atomic E-state index is -0.394. The number of nitrogens with two attached hydrogens (primary N) is 1. The number of carbonyl (C=O) groups is 1. The van der Waals surface area contributed by atoms with Crippen molar-refractivity contribution in [3.8, 4) is 5.75 Å². The largest absolute Gasteiger partial charge is 0.492 e. The number of anilines is 1. The summed E-state index contributed by atoms with van der Waals surface area (Å²) in [7, 11) is 0. The van der Waals surface area contributed by atoms with Crippen LogP contribution in [0.5, 0.6) is 5.75 Å². The summed E-state index contributed by atoms with van der Waals surface area (Å²) >= 11 is 0. The van der Waals surface area contributed by atoms with Crippen LogP contribution in [0.4, 0.5) is 5.69 Å². The molecule has 0 saturated heterocycles. The first kappa shape index (κ1) is 13.9. The Kier molecular flexibility index (Phi) is 4.60. The van der Waals surface area contributed by atoms with E-state index in [0.717, 1.165) is 5.56 Å². The second kappa shape index (κ2) is 6.61. The Morgan fingerprint density at radius 2 is 1.90 bits per heavy atom. The van der Waals surface area contributed by atoms with Crippen molar-refractivity contribution in [2.75, 3.05) is 12.3 Å². The quantitative estimate of drug-likeness (QED) is 0.670. The van der Waals surface area contributed by atoms with Gasteiger partial charge in [-0.05, 0) is 30.7 Å². The molecule has 0 atom stereocenters. The molecular weight excluding hydrogens is 254 g/mol. The van der Waals surface area contributed by atoms with E-state index in [9.17, 15) is 4.79 Å². The van der Waals surface area contributed by atoms with Crippen LogP contribution in [0.25, 0.3) is 0 Å². The summed E-state index contributed by atoms with van der Waals surface area (Å²) in [6, 6.07) is 14.4. The second-order valence-electron chi connectivity index (χ2n) is 4.25. The Balaban J connectivity index is 2.04. The lowest BCUT2D eigenvalue weighted by Gasteiger charge is -2.09. The first-order valence-electron chi connectivity index (χ1n) is 6.44. The van der Waals surface area contributed by atoms with E-state index in [2.05, 4.69) is 0 Å². The molecule has 2 N–H and O–H groups in total. The van der Waals surface area contributed by atoms with Crippen LogP contribution in [0.2, 0.25) is 0 Å². The zero-order chi connectivity index (χ0) is 14.4. The maximum absolute atomic E-state index is 12.0. The average Bonchev–Trinajstić information content (AvgIpc) is 2.48. The number of hydrogen-bond acceptors (Lipinski definition) is 4. The topological polar surface area (TPSA) is 61.5 Å². The van der Waals surface area contributed by atoms with Crippen LogP contribution < -0.4 is 10.5 Å². The molecule has 0 aliphatic heterocycles. The number of benzene rings is 2. The van der Waals surface area contributed by atoms with Gasteiger partial charge < -0.3 is 15.2 Å². The second-order valence-corrected chi connectivity index (χ2v) is 4.25. The Hall–Kier alpha value is -2.49. The van der Waals surface area contributed by atoms with Crippen molar-refractivity contribution in [2.45, 2.75) is 13.5 Å². The molecule has 0 aliphatic rings. The number of rotatable bonds is 5. The molecule has 0 heterocycles. The number of esters is 1. The molecule has 20 heavy (non-hydrogen) atoms. The zero-order valence-corrected chi connectivity index (χ0v) is 11.3. The van der Waals surface area contributed by atoms with Gasteiger partial charge in [-0.1, -0.05) is 30.3 Å². The van der Waals surface area contributed by atoms with Crippen LogP contribution in [0.1, 0.15) is 22.8 Å². The Morgan fingerprint density at radius 3 is 2.60 bits per heavy atom. The summed E-state index contributed by atoms with van der Waals surface area (Å²) in [5.74, 6) is 0.108. The number of hydrogen-bond donors (Lipinski definition) is 1. The predicted octanol–water partition coefficient (Wildman–Crippen LogP) is 3.02. The molecule has 0 fully saturated rings. The fourth-order valence-corrected chi connectivity index (χ4v) is 1.75.